The molecule has 30 heavy (non-hydrogen) atoms. The zero-order valence-corrected chi connectivity index (χ0v) is 21.0. The van der Waals surface area contributed by atoms with Crippen molar-refractivity contribution in [2.24, 2.45) is 0 Å². The maximum absolute atomic E-state index is 11.3. The Balaban J connectivity index is 3.76. The first-order chi connectivity index (χ1) is 14.5. The molecule has 0 saturated carbocycles. The van der Waals surface area contributed by atoms with Gasteiger partial charge in [-0.05, 0) is 25.7 Å². The summed E-state index contributed by atoms with van der Waals surface area (Å²) in [4.78, 5) is 11.3. The molecule has 0 unspecified atom stereocenters. The molecule has 180 valence electrons. The van der Waals surface area contributed by atoms with Gasteiger partial charge < -0.3 is 14.4 Å². The summed E-state index contributed by atoms with van der Waals surface area (Å²) in [7, 11) is 2.12. The fourth-order valence-corrected chi connectivity index (χ4v) is 4.54. The van der Waals surface area contributed by atoms with Crippen LogP contribution in [0.15, 0.2) is 0 Å². The summed E-state index contributed by atoms with van der Waals surface area (Å²) in [6.07, 6.45) is 26.6. The van der Waals surface area contributed by atoms with Gasteiger partial charge in [-0.2, -0.15) is 0 Å². The molecule has 0 heterocycles. The van der Waals surface area contributed by atoms with Crippen LogP contribution in [0.1, 0.15) is 142 Å². The van der Waals surface area contributed by atoms with E-state index in [1.807, 2.05) is 0 Å². The summed E-state index contributed by atoms with van der Waals surface area (Å²) in [5.74, 6) is -0.892. The van der Waals surface area contributed by atoms with Crippen LogP contribution in [0.2, 0.25) is 0 Å². The van der Waals surface area contributed by atoms with Gasteiger partial charge in [-0.15, -0.1) is 0 Å². The molecule has 0 amide bonds. The maximum atomic E-state index is 11.3. The van der Waals surface area contributed by atoms with E-state index in [0.717, 1.165) is 25.9 Å². The van der Waals surface area contributed by atoms with Gasteiger partial charge in [0.25, 0.3) is 0 Å². The molecule has 0 aliphatic carbocycles. The van der Waals surface area contributed by atoms with Crippen molar-refractivity contribution in [1.82, 2.24) is 0 Å². The normalized spacial score (nSPS) is 11.8. The minimum Gasteiger partial charge on any atom is -0.544 e. The summed E-state index contributed by atoms with van der Waals surface area (Å²) in [6, 6.07) is 0. The van der Waals surface area contributed by atoms with Crippen molar-refractivity contribution in [1.29, 1.82) is 0 Å². The molecule has 0 spiro atoms. The monoisotopic (exact) mass is 425 g/mol. The first-order valence-corrected chi connectivity index (χ1v) is 13.6. The average molecular weight is 426 g/mol. The van der Waals surface area contributed by atoms with E-state index in [2.05, 4.69) is 20.9 Å². The van der Waals surface area contributed by atoms with Gasteiger partial charge in [0, 0.05) is 0 Å². The summed E-state index contributed by atoms with van der Waals surface area (Å²) in [5, 5.41) is 11.3. The van der Waals surface area contributed by atoms with Crippen molar-refractivity contribution in [2.75, 3.05) is 26.7 Å². The number of hydrogen-bond acceptors (Lipinski definition) is 2. The molecule has 0 atom stereocenters. The maximum Gasteiger partial charge on any atom is 0.119 e. The minimum atomic E-state index is -0.892. The third kappa shape index (κ3) is 20.7. The van der Waals surface area contributed by atoms with Crippen molar-refractivity contribution in [3.63, 3.8) is 0 Å². The van der Waals surface area contributed by atoms with Crippen LogP contribution in [0.3, 0.4) is 0 Å². The molecular formula is C27H55NO2. The number of carboxylic acid groups (broad SMARTS) is 1. The van der Waals surface area contributed by atoms with Gasteiger partial charge >= 0.3 is 0 Å². The molecule has 0 fully saturated rings. The van der Waals surface area contributed by atoms with E-state index < -0.39 is 5.97 Å². The number of aliphatic carboxylic acids is 1. The lowest BCUT2D eigenvalue weighted by Gasteiger charge is -2.35. The van der Waals surface area contributed by atoms with E-state index in [4.69, 9.17) is 0 Å². The van der Waals surface area contributed by atoms with Crippen molar-refractivity contribution < 1.29 is 14.4 Å². The van der Waals surface area contributed by atoms with E-state index in [1.54, 1.807) is 0 Å². The minimum absolute atomic E-state index is 0.175. The fourth-order valence-electron chi connectivity index (χ4n) is 4.54. The topological polar surface area (TPSA) is 40.1 Å². The second-order valence-corrected chi connectivity index (χ2v) is 9.96. The highest BCUT2D eigenvalue weighted by molar-refractivity contribution is 5.65. The van der Waals surface area contributed by atoms with Gasteiger partial charge in [-0.25, -0.2) is 0 Å². The highest BCUT2D eigenvalue weighted by atomic mass is 16.4. The van der Waals surface area contributed by atoms with E-state index >= 15 is 0 Å². The molecule has 0 aromatic carbocycles. The molecule has 0 N–H and O–H groups in total. The molecule has 0 aliphatic heterocycles. The Morgan fingerprint density at radius 1 is 0.533 bits per heavy atom. The molecule has 0 radical (unpaired) electrons. The average Bonchev–Trinajstić information content (AvgIpc) is 2.70. The van der Waals surface area contributed by atoms with Gasteiger partial charge in [0.2, 0.25) is 0 Å². The Labute approximate surface area is 189 Å². The predicted molar refractivity (Wildman–Crippen MR) is 129 cm³/mol. The number of rotatable bonds is 24. The van der Waals surface area contributed by atoms with Crippen LogP contribution in [0.5, 0.6) is 0 Å². The Hall–Kier alpha value is -0.570. The van der Waals surface area contributed by atoms with Crippen LogP contribution in [0, 0.1) is 0 Å². The Morgan fingerprint density at radius 2 is 0.800 bits per heavy atom. The molecule has 0 aromatic heterocycles. The number of nitrogens with zero attached hydrogens (tertiary/aromatic N) is 1. The number of carbonyl (C=O) groups excluding carboxylic acids is 1. The fraction of sp³-hybridized carbons (Fsp3) is 0.963. The lowest BCUT2D eigenvalue weighted by molar-refractivity contribution is -0.904. The summed E-state index contributed by atoms with van der Waals surface area (Å²) >= 11 is 0. The van der Waals surface area contributed by atoms with Gasteiger partial charge in [0.05, 0.1) is 26.1 Å². The standard InChI is InChI=1S/C27H55NO2/c1-4-6-8-10-12-14-16-18-20-22-24-28(3,26-27(29)30)25-23-21-19-17-15-13-11-9-7-5-2/h4-26H2,1-3H3. The van der Waals surface area contributed by atoms with Crippen molar-refractivity contribution in [3.8, 4) is 0 Å². The summed E-state index contributed by atoms with van der Waals surface area (Å²) < 4.78 is 0.663. The molecular weight excluding hydrogens is 370 g/mol. The summed E-state index contributed by atoms with van der Waals surface area (Å²) in [5.41, 5.74) is 0. The number of quaternary nitrogens is 1. The molecule has 0 rings (SSSR count). The second-order valence-electron chi connectivity index (χ2n) is 9.96. The van der Waals surface area contributed by atoms with E-state index in [-0.39, 0.29) is 6.54 Å². The van der Waals surface area contributed by atoms with Gasteiger partial charge in [0.15, 0.2) is 0 Å². The number of hydrogen-bond donors (Lipinski definition) is 0. The van der Waals surface area contributed by atoms with E-state index in [0.29, 0.717) is 4.48 Å². The smallest absolute Gasteiger partial charge is 0.119 e. The summed E-state index contributed by atoms with van der Waals surface area (Å²) in [6.45, 7) is 6.69. The third-order valence-electron chi connectivity index (χ3n) is 6.61. The van der Waals surface area contributed by atoms with Gasteiger partial charge in [-0.1, -0.05) is 117 Å². The number of carboxylic acids is 1. The molecule has 3 nitrogen and oxygen atoms in total. The van der Waals surface area contributed by atoms with Gasteiger partial charge in [-0.3, -0.25) is 0 Å². The molecule has 0 aromatic rings. The Kier molecular flexibility index (Phi) is 21.2. The lowest BCUT2D eigenvalue weighted by Crippen LogP contribution is -2.52. The lowest BCUT2D eigenvalue weighted by atomic mass is 10.1. The number of carbonyl (C=O) groups is 1. The van der Waals surface area contributed by atoms with Crippen LogP contribution >= 0.6 is 0 Å². The zero-order chi connectivity index (χ0) is 22.3. The number of likely N-dealkylation sites (N-methyl/N-ethyl adjacent to an activating group) is 1. The predicted octanol–water partition coefficient (Wildman–Crippen LogP) is 7.02. The van der Waals surface area contributed by atoms with Gasteiger partial charge in [0.1, 0.15) is 6.54 Å². The third-order valence-corrected chi connectivity index (χ3v) is 6.61. The Bertz CT molecular complexity index is 346. The van der Waals surface area contributed by atoms with Crippen LogP contribution in [-0.2, 0) is 4.79 Å². The van der Waals surface area contributed by atoms with E-state index in [9.17, 15) is 9.90 Å². The van der Waals surface area contributed by atoms with Crippen molar-refractivity contribution in [3.05, 3.63) is 0 Å². The quantitative estimate of drug-likeness (QED) is 0.123. The van der Waals surface area contributed by atoms with Crippen LogP contribution in [0.25, 0.3) is 0 Å². The second kappa shape index (κ2) is 21.7. The van der Waals surface area contributed by atoms with Crippen molar-refractivity contribution in [2.45, 2.75) is 142 Å². The number of unbranched alkanes of at least 4 members (excludes halogenated alkanes) is 18. The van der Waals surface area contributed by atoms with Crippen LogP contribution in [-0.4, -0.2) is 37.1 Å². The molecule has 0 aliphatic rings. The highest BCUT2D eigenvalue weighted by Crippen LogP contribution is 2.15. The largest absolute Gasteiger partial charge is 0.544 e. The van der Waals surface area contributed by atoms with Crippen molar-refractivity contribution >= 4 is 5.97 Å². The zero-order valence-electron chi connectivity index (χ0n) is 21.0. The SMILES string of the molecule is CCCCCCCCCCCC[N+](C)(CCCCCCCCCCCC)CC(=O)[O-]. The van der Waals surface area contributed by atoms with Crippen LogP contribution in [0.4, 0.5) is 0 Å². The molecule has 0 saturated heterocycles. The Morgan fingerprint density at radius 3 is 1.07 bits per heavy atom. The molecule has 0 bridgehead atoms. The molecule has 3 heteroatoms. The van der Waals surface area contributed by atoms with Crippen LogP contribution < -0.4 is 5.11 Å². The van der Waals surface area contributed by atoms with E-state index in [1.165, 1.54) is 116 Å². The highest BCUT2D eigenvalue weighted by Gasteiger charge is 2.20. The first kappa shape index (κ1) is 29.4. The first-order valence-electron chi connectivity index (χ1n) is 13.6.